The summed E-state index contributed by atoms with van der Waals surface area (Å²) in [5.41, 5.74) is 2.73. The molecule has 0 heterocycles. The molecule has 2 aromatic rings. The van der Waals surface area contributed by atoms with E-state index in [4.69, 9.17) is 9.47 Å². The first kappa shape index (κ1) is 32.9. The number of quaternary nitrogens is 1. The Kier molecular flexibility index (Phi) is 17.3. The van der Waals surface area contributed by atoms with Crippen LogP contribution in [0.1, 0.15) is 108 Å². The second-order valence-electron chi connectivity index (χ2n) is 11.8. The number of unbranched alkanes of at least 4 members (excludes halogenated alkanes) is 10. The minimum atomic E-state index is -0.0892. The smallest absolute Gasteiger partial charge is 0.306 e. The van der Waals surface area contributed by atoms with Gasteiger partial charge in [0.2, 0.25) is 0 Å². The van der Waals surface area contributed by atoms with Gasteiger partial charge in [-0.1, -0.05) is 107 Å². The summed E-state index contributed by atoms with van der Waals surface area (Å²) in [5.74, 6) is 0.837. The van der Waals surface area contributed by atoms with Crippen molar-refractivity contribution in [3.05, 3.63) is 65.7 Å². The molecule has 0 radical (unpaired) electrons. The predicted octanol–water partition coefficient (Wildman–Crippen LogP) is 8.91. The van der Waals surface area contributed by atoms with Gasteiger partial charge in [0.25, 0.3) is 0 Å². The molecule has 0 aliphatic heterocycles. The fourth-order valence-corrected chi connectivity index (χ4v) is 5.03. The number of rotatable bonds is 23. The first-order valence-corrected chi connectivity index (χ1v) is 15.7. The van der Waals surface area contributed by atoms with Crippen LogP contribution in [0.25, 0.3) is 0 Å². The van der Waals surface area contributed by atoms with E-state index in [2.05, 4.69) is 69.6 Å². The maximum Gasteiger partial charge on any atom is 0.306 e. The maximum atomic E-state index is 12.1. The minimum absolute atomic E-state index is 0.0892. The normalized spacial score (nSPS) is 11.5. The highest BCUT2D eigenvalue weighted by molar-refractivity contribution is 5.69. The third kappa shape index (κ3) is 17.1. The Bertz CT molecular complexity index is 863. The number of esters is 1. The van der Waals surface area contributed by atoms with E-state index in [1.54, 1.807) is 0 Å². The molecule has 0 unspecified atom stereocenters. The number of ether oxygens (including phenoxy) is 2. The monoisotopic (exact) mass is 538 g/mol. The summed E-state index contributed by atoms with van der Waals surface area (Å²) < 4.78 is 12.2. The van der Waals surface area contributed by atoms with Crippen LogP contribution in [0.3, 0.4) is 0 Å². The SMILES string of the molecule is CCCCCCCCCCCCc1ccc(OCCCCOC(=O)CCC[N+](C)(C)Cc2ccccc2)cc1. The zero-order valence-corrected chi connectivity index (χ0v) is 25.3. The van der Waals surface area contributed by atoms with Gasteiger partial charge < -0.3 is 14.0 Å². The molecule has 0 aliphatic rings. The van der Waals surface area contributed by atoms with Crippen LogP contribution in [0.4, 0.5) is 0 Å². The fourth-order valence-electron chi connectivity index (χ4n) is 5.03. The molecule has 2 rings (SSSR count). The van der Waals surface area contributed by atoms with Crippen molar-refractivity contribution in [2.75, 3.05) is 33.9 Å². The number of hydrogen-bond acceptors (Lipinski definition) is 3. The number of hydrogen-bond donors (Lipinski definition) is 0. The van der Waals surface area contributed by atoms with E-state index in [0.29, 0.717) is 19.6 Å². The first-order chi connectivity index (χ1) is 19.0. The molecule has 0 fully saturated rings. The second kappa shape index (κ2) is 20.6. The minimum Gasteiger partial charge on any atom is -0.494 e. The Morgan fingerprint density at radius 1 is 0.667 bits per heavy atom. The van der Waals surface area contributed by atoms with Crippen molar-refractivity contribution in [2.45, 2.75) is 110 Å². The Morgan fingerprint density at radius 2 is 1.28 bits per heavy atom. The summed E-state index contributed by atoms with van der Waals surface area (Å²) in [6.45, 7) is 5.33. The van der Waals surface area contributed by atoms with Crippen molar-refractivity contribution in [2.24, 2.45) is 0 Å². The zero-order valence-electron chi connectivity index (χ0n) is 25.3. The maximum absolute atomic E-state index is 12.1. The van der Waals surface area contributed by atoms with Crippen LogP contribution < -0.4 is 4.74 Å². The number of carbonyl (C=O) groups excluding carboxylic acids is 1. The molecule has 0 aromatic heterocycles. The highest BCUT2D eigenvalue weighted by atomic mass is 16.5. The van der Waals surface area contributed by atoms with Crippen LogP contribution in [0.5, 0.6) is 5.75 Å². The van der Waals surface area contributed by atoms with Crippen molar-refractivity contribution in [3.63, 3.8) is 0 Å². The van der Waals surface area contributed by atoms with Gasteiger partial charge in [0.15, 0.2) is 0 Å². The van der Waals surface area contributed by atoms with E-state index in [0.717, 1.165) is 49.0 Å². The van der Waals surface area contributed by atoms with E-state index < -0.39 is 0 Å². The summed E-state index contributed by atoms with van der Waals surface area (Å²) in [6, 6.07) is 19.1. The number of nitrogens with zero attached hydrogens (tertiary/aromatic N) is 1. The molecule has 0 atom stereocenters. The molecule has 4 heteroatoms. The molecule has 4 nitrogen and oxygen atoms in total. The van der Waals surface area contributed by atoms with Crippen LogP contribution in [0.15, 0.2) is 54.6 Å². The topological polar surface area (TPSA) is 35.5 Å². The van der Waals surface area contributed by atoms with Gasteiger partial charge in [-0.25, -0.2) is 0 Å². The third-order valence-electron chi connectivity index (χ3n) is 7.41. The average Bonchev–Trinajstić information content (AvgIpc) is 2.92. The van der Waals surface area contributed by atoms with Crippen LogP contribution in [0.2, 0.25) is 0 Å². The average molecular weight is 539 g/mol. The van der Waals surface area contributed by atoms with Crippen LogP contribution in [0, 0.1) is 0 Å². The summed E-state index contributed by atoms with van der Waals surface area (Å²) in [7, 11) is 4.43. The predicted molar refractivity (Wildman–Crippen MR) is 164 cm³/mol. The molecule has 0 aliphatic carbocycles. The van der Waals surface area contributed by atoms with Crippen molar-refractivity contribution < 1.29 is 18.8 Å². The lowest BCUT2D eigenvalue weighted by molar-refractivity contribution is -0.903. The molecular formula is C35H56NO3+. The molecule has 0 N–H and O–H groups in total. The van der Waals surface area contributed by atoms with E-state index in [1.807, 2.05) is 6.07 Å². The van der Waals surface area contributed by atoms with Gasteiger partial charge in [0.05, 0.1) is 40.3 Å². The third-order valence-corrected chi connectivity index (χ3v) is 7.41. The van der Waals surface area contributed by atoms with Gasteiger partial charge >= 0.3 is 5.97 Å². The van der Waals surface area contributed by atoms with E-state index in [-0.39, 0.29) is 5.97 Å². The van der Waals surface area contributed by atoms with E-state index in [1.165, 1.54) is 75.3 Å². The molecular weight excluding hydrogens is 482 g/mol. The molecule has 0 amide bonds. The Balaban J connectivity index is 1.43. The fraction of sp³-hybridized carbons (Fsp3) is 0.629. The number of carbonyl (C=O) groups is 1. The lowest BCUT2D eigenvalue weighted by atomic mass is 10.0. The summed E-state index contributed by atoms with van der Waals surface area (Å²) in [6.07, 6.45) is 18.0. The molecule has 2 aromatic carbocycles. The van der Waals surface area contributed by atoms with Crippen LogP contribution in [-0.4, -0.2) is 44.3 Å². The van der Waals surface area contributed by atoms with Gasteiger partial charge in [0, 0.05) is 12.0 Å². The Morgan fingerprint density at radius 3 is 1.95 bits per heavy atom. The standard InChI is InChI=1S/C35H56NO3/c1-4-5-6-7-8-9-10-11-12-14-20-32-24-26-34(27-25-32)38-29-17-18-30-39-35(37)23-19-28-36(2,3)31-33-21-15-13-16-22-33/h13,15-16,21-22,24-27H,4-12,14,17-20,23,28-31H2,1-3H3/q+1. The van der Waals surface area contributed by atoms with Crippen LogP contribution >= 0.6 is 0 Å². The Labute approximate surface area is 239 Å². The largest absolute Gasteiger partial charge is 0.494 e. The van der Waals surface area contributed by atoms with Crippen molar-refractivity contribution in [1.29, 1.82) is 0 Å². The summed E-state index contributed by atoms with van der Waals surface area (Å²) in [4.78, 5) is 12.1. The van der Waals surface area contributed by atoms with Gasteiger partial charge in [-0.05, 0) is 43.4 Å². The molecule has 39 heavy (non-hydrogen) atoms. The Hall–Kier alpha value is -2.33. The first-order valence-electron chi connectivity index (χ1n) is 15.7. The second-order valence-corrected chi connectivity index (χ2v) is 11.8. The van der Waals surface area contributed by atoms with Crippen molar-refractivity contribution >= 4 is 5.97 Å². The lowest BCUT2D eigenvalue weighted by Gasteiger charge is -2.29. The molecule has 0 bridgehead atoms. The zero-order chi connectivity index (χ0) is 28.0. The number of benzene rings is 2. The molecule has 0 saturated carbocycles. The molecule has 218 valence electrons. The van der Waals surface area contributed by atoms with E-state index in [9.17, 15) is 4.79 Å². The highest BCUT2D eigenvalue weighted by Crippen LogP contribution is 2.16. The summed E-state index contributed by atoms with van der Waals surface area (Å²) >= 11 is 0. The quantitative estimate of drug-likeness (QED) is 0.0805. The van der Waals surface area contributed by atoms with Gasteiger partial charge in [-0.2, -0.15) is 0 Å². The van der Waals surface area contributed by atoms with E-state index >= 15 is 0 Å². The lowest BCUT2D eigenvalue weighted by Crippen LogP contribution is -2.39. The van der Waals surface area contributed by atoms with Crippen LogP contribution in [-0.2, 0) is 22.5 Å². The number of aryl methyl sites for hydroxylation is 1. The molecule has 0 spiro atoms. The van der Waals surface area contributed by atoms with Crippen molar-refractivity contribution in [1.82, 2.24) is 0 Å². The van der Waals surface area contributed by atoms with Crippen molar-refractivity contribution in [3.8, 4) is 5.75 Å². The molecule has 0 saturated heterocycles. The van der Waals surface area contributed by atoms with Gasteiger partial charge in [-0.3, -0.25) is 4.79 Å². The summed E-state index contributed by atoms with van der Waals surface area (Å²) in [5, 5.41) is 0. The highest BCUT2D eigenvalue weighted by Gasteiger charge is 2.16. The van der Waals surface area contributed by atoms with Gasteiger partial charge in [-0.15, -0.1) is 0 Å². The van der Waals surface area contributed by atoms with Gasteiger partial charge in [0.1, 0.15) is 12.3 Å².